The van der Waals surface area contributed by atoms with Crippen molar-refractivity contribution >= 4 is 14.0 Å². The summed E-state index contributed by atoms with van der Waals surface area (Å²) >= 11 is 0. The van der Waals surface area contributed by atoms with Crippen LogP contribution in [0, 0.1) is 24.0 Å². The molecule has 0 aromatic carbocycles. The molecule has 2 aromatic rings. The van der Waals surface area contributed by atoms with E-state index in [1.54, 1.807) is 13.8 Å². The van der Waals surface area contributed by atoms with E-state index in [1.807, 2.05) is 0 Å². The van der Waals surface area contributed by atoms with E-state index in [1.165, 1.54) is 4.68 Å². The number of hydrogen-bond acceptors (Lipinski definition) is 7. The Hall–Kier alpha value is -2.20. The number of aromatic nitrogens is 3. The molecular weight excluding hydrogens is 404 g/mol. The molecule has 1 fully saturated rings. The number of rotatable bonds is 9. The molecule has 2 aromatic heterocycles. The predicted molar refractivity (Wildman–Crippen MR) is 115 cm³/mol. The first kappa shape index (κ1) is 22.5. The minimum atomic E-state index is -1.83. The SMILES string of the molecule is Cc1nc(C)c(-n2nc(OCCCO[Si](C)(C)C(C)(C)C)c([N+](=O)[O-])c2C2CC2)o1. The van der Waals surface area contributed by atoms with Crippen LogP contribution in [-0.4, -0.2) is 41.2 Å². The third kappa shape index (κ3) is 4.59. The van der Waals surface area contributed by atoms with Gasteiger partial charge >= 0.3 is 11.6 Å². The van der Waals surface area contributed by atoms with Crippen LogP contribution in [0.5, 0.6) is 5.88 Å². The Kier molecular flexibility index (Phi) is 6.10. The largest absolute Gasteiger partial charge is 0.472 e. The standard InChI is InChI=1S/C20H32N4O5Si/c1-13-19(29-14(2)21-13)23-16(15-9-10-15)17(24(25)26)18(22-23)27-11-8-12-28-30(6,7)20(3,4)5/h15H,8-12H2,1-7H3. The molecular formula is C20H32N4O5Si. The Bertz CT molecular complexity index is 925. The van der Waals surface area contributed by atoms with Crippen LogP contribution >= 0.6 is 0 Å². The lowest BCUT2D eigenvalue weighted by Crippen LogP contribution is -2.41. The molecule has 0 N–H and O–H groups in total. The van der Waals surface area contributed by atoms with Crippen molar-refractivity contribution in [2.24, 2.45) is 0 Å². The van der Waals surface area contributed by atoms with Gasteiger partial charge in [0, 0.05) is 25.9 Å². The van der Waals surface area contributed by atoms with Gasteiger partial charge in [-0.15, -0.1) is 5.10 Å². The van der Waals surface area contributed by atoms with Crippen LogP contribution in [0.4, 0.5) is 5.69 Å². The monoisotopic (exact) mass is 436 g/mol. The van der Waals surface area contributed by atoms with Crippen LogP contribution < -0.4 is 4.74 Å². The zero-order valence-electron chi connectivity index (χ0n) is 18.9. The summed E-state index contributed by atoms with van der Waals surface area (Å²) in [5.74, 6) is 1.02. The van der Waals surface area contributed by atoms with Gasteiger partial charge in [0.05, 0.1) is 11.5 Å². The van der Waals surface area contributed by atoms with Gasteiger partial charge in [0.15, 0.2) is 14.2 Å². The maximum absolute atomic E-state index is 11.8. The van der Waals surface area contributed by atoms with E-state index in [0.29, 0.717) is 42.8 Å². The Morgan fingerprint density at radius 3 is 2.43 bits per heavy atom. The molecule has 0 unspecified atom stereocenters. The van der Waals surface area contributed by atoms with Crippen molar-refractivity contribution in [2.75, 3.05) is 13.2 Å². The maximum atomic E-state index is 11.8. The molecule has 0 bridgehead atoms. The van der Waals surface area contributed by atoms with Gasteiger partial charge in [0.2, 0.25) is 5.88 Å². The maximum Gasteiger partial charge on any atom is 0.354 e. The third-order valence-corrected chi connectivity index (χ3v) is 10.4. The topological polar surface area (TPSA) is 105 Å². The van der Waals surface area contributed by atoms with Crippen molar-refractivity contribution in [1.82, 2.24) is 14.8 Å². The van der Waals surface area contributed by atoms with Gasteiger partial charge in [-0.25, -0.2) is 4.98 Å². The Morgan fingerprint density at radius 2 is 1.93 bits per heavy atom. The van der Waals surface area contributed by atoms with Crippen LogP contribution in [0.1, 0.15) is 63.2 Å². The number of ether oxygens (including phenoxy) is 1. The fourth-order valence-corrected chi connectivity index (χ4v) is 4.12. The number of nitro groups is 1. The first-order chi connectivity index (χ1) is 13.9. The highest BCUT2D eigenvalue weighted by atomic mass is 28.4. The second kappa shape index (κ2) is 8.14. The summed E-state index contributed by atoms with van der Waals surface area (Å²) in [7, 11) is -1.83. The highest BCUT2D eigenvalue weighted by molar-refractivity contribution is 6.74. The zero-order valence-corrected chi connectivity index (χ0v) is 19.9. The fourth-order valence-electron chi connectivity index (χ4n) is 3.04. The average molecular weight is 437 g/mol. The van der Waals surface area contributed by atoms with Crippen LogP contribution in [-0.2, 0) is 4.43 Å². The van der Waals surface area contributed by atoms with Gasteiger partial charge in [0.1, 0.15) is 11.4 Å². The van der Waals surface area contributed by atoms with Gasteiger partial charge in [-0.1, -0.05) is 20.8 Å². The minimum absolute atomic E-state index is 0.0303. The summed E-state index contributed by atoms with van der Waals surface area (Å²) in [5, 5.41) is 16.4. The quantitative estimate of drug-likeness (QED) is 0.234. The van der Waals surface area contributed by atoms with Crippen LogP contribution in [0.25, 0.3) is 5.88 Å². The molecule has 1 aliphatic carbocycles. The molecule has 0 atom stereocenters. The summed E-state index contributed by atoms with van der Waals surface area (Å²) in [6, 6.07) is 0. The van der Waals surface area contributed by atoms with Gasteiger partial charge < -0.3 is 13.6 Å². The predicted octanol–water partition coefficient (Wildman–Crippen LogP) is 5.05. The molecule has 30 heavy (non-hydrogen) atoms. The molecule has 0 aliphatic heterocycles. The number of aryl methyl sites for hydroxylation is 2. The number of oxazole rings is 1. The van der Waals surface area contributed by atoms with Crippen molar-refractivity contribution in [2.45, 2.75) is 77.9 Å². The third-order valence-electron chi connectivity index (χ3n) is 5.88. The fraction of sp³-hybridized carbons (Fsp3) is 0.700. The highest BCUT2D eigenvalue weighted by Gasteiger charge is 2.41. The minimum Gasteiger partial charge on any atom is -0.472 e. The van der Waals surface area contributed by atoms with Crippen molar-refractivity contribution in [3.8, 4) is 11.8 Å². The highest BCUT2D eigenvalue weighted by Crippen LogP contribution is 2.48. The Morgan fingerprint density at radius 1 is 1.27 bits per heavy atom. The molecule has 0 radical (unpaired) electrons. The van der Waals surface area contributed by atoms with Gasteiger partial charge in [-0.2, -0.15) is 4.68 Å². The molecule has 1 saturated carbocycles. The Labute approximate surface area is 178 Å². The van der Waals surface area contributed by atoms with Gasteiger partial charge in [-0.05, 0) is 37.9 Å². The molecule has 2 heterocycles. The first-order valence-corrected chi connectivity index (χ1v) is 13.3. The van der Waals surface area contributed by atoms with Gasteiger partial charge in [-0.3, -0.25) is 10.1 Å². The molecule has 3 rings (SSSR count). The zero-order chi connectivity index (χ0) is 22.3. The molecule has 1 aliphatic rings. The molecule has 9 nitrogen and oxygen atoms in total. The molecule has 10 heteroatoms. The van der Waals surface area contributed by atoms with E-state index < -0.39 is 13.2 Å². The second-order valence-electron chi connectivity index (χ2n) is 9.42. The summed E-state index contributed by atoms with van der Waals surface area (Å²) < 4.78 is 19.1. The normalized spacial score (nSPS) is 14.9. The van der Waals surface area contributed by atoms with Crippen LogP contribution in [0.15, 0.2) is 4.42 Å². The van der Waals surface area contributed by atoms with Crippen molar-refractivity contribution in [3.05, 3.63) is 27.4 Å². The summed E-state index contributed by atoms with van der Waals surface area (Å²) in [5.41, 5.74) is 1.10. The summed E-state index contributed by atoms with van der Waals surface area (Å²) in [6.45, 7) is 15.4. The molecule has 0 spiro atoms. The lowest BCUT2D eigenvalue weighted by atomic mass is 10.2. The van der Waals surface area contributed by atoms with E-state index in [9.17, 15) is 10.1 Å². The summed E-state index contributed by atoms with van der Waals surface area (Å²) in [6.07, 6.45) is 2.41. The first-order valence-electron chi connectivity index (χ1n) is 10.4. The number of hydrogen-bond donors (Lipinski definition) is 0. The Balaban J connectivity index is 1.76. The smallest absolute Gasteiger partial charge is 0.354 e. The molecule has 166 valence electrons. The number of nitrogens with zero attached hydrogens (tertiary/aromatic N) is 4. The lowest BCUT2D eigenvalue weighted by Gasteiger charge is -2.36. The lowest BCUT2D eigenvalue weighted by molar-refractivity contribution is -0.386. The van der Waals surface area contributed by atoms with E-state index in [2.05, 4.69) is 43.9 Å². The van der Waals surface area contributed by atoms with Crippen molar-refractivity contribution < 1.29 is 18.5 Å². The van der Waals surface area contributed by atoms with E-state index in [0.717, 1.165) is 12.8 Å². The van der Waals surface area contributed by atoms with Gasteiger partial charge in [0.25, 0.3) is 0 Å². The van der Waals surface area contributed by atoms with Crippen molar-refractivity contribution in [1.29, 1.82) is 0 Å². The summed E-state index contributed by atoms with van der Waals surface area (Å²) in [4.78, 5) is 15.7. The molecule has 0 amide bonds. The second-order valence-corrected chi connectivity index (χ2v) is 14.2. The average Bonchev–Trinajstić information content (AvgIpc) is 3.30. The van der Waals surface area contributed by atoms with Crippen LogP contribution in [0.3, 0.4) is 0 Å². The van der Waals surface area contributed by atoms with E-state index in [-0.39, 0.29) is 22.5 Å². The van der Waals surface area contributed by atoms with E-state index >= 15 is 0 Å². The van der Waals surface area contributed by atoms with Crippen LogP contribution in [0.2, 0.25) is 18.1 Å². The van der Waals surface area contributed by atoms with Crippen molar-refractivity contribution in [3.63, 3.8) is 0 Å². The van der Waals surface area contributed by atoms with E-state index in [4.69, 9.17) is 13.6 Å². The molecule has 0 saturated heterocycles.